The molecule has 10 heteroatoms. The van der Waals surface area contributed by atoms with Gasteiger partial charge < -0.3 is 4.74 Å². The highest BCUT2D eigenvalue weighted by Crippen LogP contribution is 2.35. The van der Waals surface area contributed by atoms with Crippen molar-refractivity contribution >= 4 is 12.0 Å². The molecule has 0 saturated heterocycles. The van der Waals surface area contributed by atoms with Gasteiger partial charge in [-0.15, -0.1) is 0 Å². The maximum absolute atomic E-state index is 14.9. The molecule has 4 rings (SSSR count). The summed E-state index contributed by atoms with van der Waals surface area (Å²) < 4.78 is 116. The number of rotatable bonds is 5. The molecule has 206 valence electrons. The molecule has 1 aliphatic carbocycles. The molecule has 0 N–H and O–H groups in total. The first-order valence-corrected chi connectivity index (χ1v) is 12.1. The van der Waals surface area contributed by atoms with Crippen molar-refractivity contribution in [1.82, 2.24) is 0 Å². The van der Waals surface area contributed by atoms with Gasteiger partial charge in [-0.05, 0) is 85.2 Å². The van der Waals surface area contributed by atoms with Crippen LogP contribution in [0.25, 0.3) is 28.3 Å². The number of hydrogen-bond acceptors (Lipinski definition) is 2. The van der Waals surface area contributed by atoms with Gasteiger partial charge in [0.2, 0.25) is 0 Å². The third-order valence-electron chi connectivity index (χ3n) is 6.67. The molecule has 0 bridgehead atoms. The number of carbonyl (C=O) groups excluding carboxylic acids is 1. The maximum atomic E-state index is 14.9. The lowest BCUT2D eigenvalue weighted by Gasteiger charge is -2.24. The highest BCUT2D eigenvalue weighted by atomic mass is 19.4. The molecular weight excluding hydrogens is 532 g/mol. The second-order valence-corrected chi connectivity index (χ2v) is 9.56. The van der Waals surface area contributed by atoms with Gasteiger partial charge in [-0.2, -0.15) is 13.2 Å². The van der Waals surface area contributed by atoms with E-state index < -0.39 is 57.9 Å². The first kappa shape index (κ1) is 28.3. The summed E-state index contributed by atoms with van der Waals surface area (Å²) in [6, 6.07) is 5.87. The Morgan fingerprint density at radius 3 is 1.90 bits per heavy atom. The minimum Gasteiger partial charge on any atom is -0.426 e. The van der Waals surface area contributed by atoms with Gasteiger partial charge in [-0.1, -0.05) is 6.92 Å². The average Bonchev–Trinajstić information content (AvgIpc) is 2.83. The monoisotopic (exact) mass is 554 g/mol. The summed E-state index contributed by atoms with van der Waals surface area (Å²) in [4.78, 5) is 12.4. The Hall–Kier alpha value is -3.69. The van der Waals surface area contributed by atoms with Gasteiger partial charge >= 0.3 is 12.1 Å². The smallest absolute Gasteiger partial charge is 0.409 e. The molecule has 0 radical (unpaired) electrons. The van der Waals surface area contributed by atoms with Crippen LogP contribution in [-0.4, -0.2) is 12.1 Å². The molecule has 0 spiro atoms. The summed E-state index contributed by atoms with van der Waals surface area (Å²) in [5.41, 5.74) is -2.95. The number of carbonyl (C=O) groups is 1. The molecule has 1 aliphatic rings. The fourth-order valence-electron chi connectivity index (χ4n) is 4.56. The molecule has 1 fully saturated rings. The van der Waals surface area contributed by atoms with Crippen molar-refractivity contribution in [2.45, 2.75) is 38.8 Å². The summed E-state index contributed by atoms with van der Waals surface area (Å²) >= 11 is 0. The van der Waals surface area contributed by atoms with Crippen LogP contribution in [0.15, 0.2) is 48.5 Å². The Balaban J connectivity index is 1.58. The van der Waals surface area contributed by atoms with Crippen LogP contribution in [0, 0.1) is 40.9 Å². The number of halogens is 8. The molecule has 2 nitrogen and oxygen atoms in total. The van der Waals surface area contributed by atoms with Crippen LogP contribution in [0.2, 0.25) is 0 Å². The van der Waals surface area contributed by atoms with Gasteiger partial charge in [-0.25, -0.2) is 22.0 Å². The predicted molar refractivity (Wildman–Crippen MR) is 129 cm³/mol. The van der Waals surface area contributed by atoms with Crippen LogP contribution in [0.1, 0.15) is 38.2 Å². The van der Waals surface area contributed by atoms with E-state index >= 15 is 0 Å². The molecule has 0 amide bonds. The summed E-state index contributed by atoms with van der Waals surface area (Å²) in [5.74, 6) is -6.74. The number of esters is 1. The second-order valence-electron chi connectivity index (χ2n) is 9.56. The van der Waals surface area contributed by atoms with Gasteiger partial charge in [0.05, 0.1) is 11.5 Å². The van der Waals surface area contributed by atoms with Crippen molar-refractivity contribution in [1.29, 1.82) is 0 Å². The van der Waals surface area contributed by atoms with Gasteiger partial charge in [0.25, 0.3) is 0 Å². The largest absolute Gasteiger partial charge is 0.426 e. The SMILES string of the molecule is CC1CCC(C(=O)Oc2ccc(-c3cc(F)c(-c4cc(F)c(/C=C/C(F)(F)F)c(F)c4)c(F)c3)c(F)c2)CC1. The molecule has 0 aliphatic heterocycles. The lowest BCUT2D eigenvalue weighted by Crippen LogP contribution is -2.25. The Morgan fingerprint density at radius 2 is 1.36 bits per heavy atom. The third-order valence-corrected chi connectivity index (χ3v) is 6.67. The molecule has 0 aromatic heterocycles. The Kier molecular flexibility index (Phi) is 8.13. The van der Waals surface area contributed by atoms with Gasteiger partial charge in [-0.3, -0.25) is 4.79 Å². The molecule has 3 aromatic rings. The van der Waals surface area contributed by atoms with Crippen LogP contribution >= 0.6 is 0 Å². The van der Waals surface area contributed by atoms with Crippen molar-refractivity contribution in [2.75, 3.05) is 0 Å². The molecule has 0 unspecified atom stereocenters. The zero-order chi connectivity index (χ0) is 28.5. The zero-order valence-corrected chi connectivity index (χ0v) is 20.5. The van der Waals surface area contributed by atoms with Crippen molar-refractivity contribution in [2.24, 2.45) is 11.8 Å². The van der Waals surface area contributed by atoms with Crippen LogP contribution in [0.4, 0.5) is 35.1 Å². The van der Waals surface area contributed by atoms with E-state index in [1.54, 1.807) is 0 Å². The van der Waals surface area contributed by atoms with Gasteiger partial charge in [0.15, 0.2) is 0 Å². The fraction of sp³-hybridized carbons (Fsp3) is 0.276. The van der Waals surface area contributed by atoms with Gasteiger partial charge in [0, 0.05) is 23.3 Å². The molecule has 0 atom stereocenters. The van der Waals surface area contributed by atoms with Crippen LogP contribution < -0.4 is 4.74 Å². The highest BCUT2D eigenvalue weighted by molar-refractivity contribution is 5.76. The summed E-state index contributed by atoms with van der Waals surface area (Å²) in [7, 11) is 0. The van der Waals surface area contributed by atoms with E-state index in [1.807, 2.05) is 0 Å². The van der Waals surface area contributed by atoms with Gasteiger partial charge in [0.1, 0.15) is 34.8 Å². The van der Waals surface area contributed by atoms with Crippen molar-refractivity contribution in [3.05, 3.63) is 83.2 Å². The normalized spacial score (nSPS) is 18.0. The molecule has 3 aromatic carbocycles. The molecule has 0 heterocycles. The number of alkyl halides is 3. The van der Waals surface area contributed by atoms with E-state index in [2.05, 4.69) is 6.92 Å². The Bertz CT molecular complexity index is 1370. The summed E-state index contributed by atoms with van der Waals surface area (Å²) in [6.45, 7) is 2.10. The Morgan fingerprint density at radius 1 is 0.795 bits per heavy atom. The minimum absolute atomic E-state index is 0.0666. The van der Waals surface area contributed by atoms with E-state index in [1.165, 1.54) is 12.1 Å². The van der Waals surface area contributed by atoms with Crippen LogP contribution in [0.5, 0.6) is 5.75 Å². The zero-order valence-electron chi connectivity index (χ0n) is 20.5. The number of allylic oxidation sites excluding steroid dienone is 1. The first-order valence-electron chi connectivity index (χ1n) is 12.1. The van der Waals surface area contributed by atoms with E-state index in [0.29, 0.717) is 30.9 Å². The number of ether oxygens (including phenoxy) is 1. The fourth-order valence-corrected chi connectivity index (χ4v) is 4.56. The standard InChI is InChI=1S/C29H22F8O2/c1-15-2-4-16(5-3-15)28(38)39-19-6-7-20(24(32)14-19)17-10-25(33)27(26(34)11-17)18-12-22(30)21(23(31)13-18)8-9-29(35,36)37/h6-16H,2-5H2,1H3/b9-8+. The number of benzene rings is 3. The van der Waals surface area contributed by atoms with E-state index in [0.717, 1.165) is 31.0 Å². The summed E-state index contributed by atoms with van der Waals surface area (Å²) in [6.07, 6.45) is -1.91. The van der Waals surface area contributed by atoms with Crippen molar-refractivity contribution < 1.29 is 44.7 Å². The third kappa shape index (κ3) is 6.66. The topological polar surface area (TPSA) is 26.3 Å². The van der Waals surface area contributed by atoms with E-state index in [9.17, 15) is 39.9 Å². The van der Waals surface area contributed by atoms with E-state index in [4.69, 9.17) is 4.74 Å². The van der Waals surface area contributed by atoms with E-state index in [-0.39, 0.29) is 34.9 Å². The molecule has 1 saturated carbocycles. The maximum Gasteiger partial charge on any atom is 0.409 e. The molecule has 39 heavy (non-hydrogen) atoms. The summed E-state index contributed by atoms with van der Waals surface area (Å²) in [5, 5.41) is 0. The second kappa shape index (κ2) is 11.2. The highest BCUT2D eigenvalue weighted by Gasteiger charge is 2.27. The molecular formula is C29H22F8O2. The lowest BCUT2D eigenvalue weighted by atomic mass is 9.83. The van der Waals surface area contributed by atoms with Crippen LogP contribution in [0.3, 0.4) is 0 Å². The Labute approximate surface area is 218 Å². The van der Waals surface area contributed by atoms with Crippen LogP contribution in [-0.2, 0) is 4.79 Å². The average molecular weight is 554 g/mol. The quantitative estimate of drug-likeness (QED) is 0.179. The number of hydrogen-bond donors (Lipinski definition) is 0. The predicted octanol–water partition coefficient (Wildman–Crippen LogP) is 9.02. The first-order chi connectivity index (χ1) is 18.3. The lowest BCUT2D eigenvalue weighted by molar-refractivity contribution is -0.140. The van der Waals surface area contributed by atoms with Crippen molar-refractivity contribution in [3.8, 4) is 28.0 Å². The van der Waals surface area contributed by atoms with Crippen molar-refractivity contribution in [3.63, 3.8) is 0 Å². The minimum atomic E-state index is -4.82.